The zero-order valence-corrected chi connectivity index (χ0v) is 17.2. The van der Waals surface area contributed by atoms with Crippen molar-refractivity contribution in [1.82, 2.24) is 20.2 Å². The molecule has 0 radical (unpaired) electrons. The van der Waals surface area contributed by atoms with Gasteiger partial charge in [-0.2, -0.15) is 4.68 Å². The van der Waals surface area contributed by atoms with Crippen LogP contribution in [0.1, 0.15) is 11.1 Å². The Balaban J connectivity index is 1.72. The number of hydrogen-bond donors (Lipinski definition) is 1. The van der Waals surface area contributed by atoms with Gasteiger partial charge >= 0.3 is 0 Å². The highest BCUT2D eigenvalue weighted by Gasteiger charge is 2.16. The third-order valence-corrected chi connectivity index (χ3v) is 6.14. The molecule has 0 spiro atoms. The molecule has 0 saturated heterocycles. The van der Waals surface area contributed by atoms with Gasteiger partial charge in [0.25, 0.3) is 0 Å². The summed E-state index contributed by atoms with van der Waals surface area (Å²) in [6.07, 6.45) is 1.10. The molecule has 2 aromatic carbocycles. The van der Waals surface area contributed by atoms with Crippen molar-refractivity contribution in [3.63, 3.8) is 0 Å². The van der Waals surface area contributed by atoms with E-state index in [1.807, 2.05) is 32.0 Å². The lowest BCUT2D eigenvalue weighted by Crippen LogP contribution is -2.16. The largest absolute Gasteiger partial charge is 0.324 e. The predicted molar refractivity (Wildman–Crippen MR) is 108 cm³/mol. The number of para-hydroxylation sites is 1. The zero-order chi connectivity index (χ0) is 20.3. The molecule has 0 unspecified atom stereocenters. The Morgan fingerprint density at radius 2 is 1.89 bits per heavy atom. The molecule has 3 rings (SSSR count). The van der Waals surface area contributed by atoms with Crippen molar-refractivity contribution in [3.8, 4) is 5.69 Å². The van der Waals surface area contributed by atoms with Crippen LogP contribution in [0.3, 0.4) is 0 Å². The predicted octanol–water partition coefficient (Wildman–Crippen LogP) is 2.41. The van der Waals surface area contributed by atoms with E-state index < -0.39 is 9.84 Å². The van der Waals surface area contributed by atoms with Crippen LogP contribution in [0.4, 0.5) is 5.69 Å². The molecule has 10 heteroatoms. The van der Waals surface area contributed by atoms with Crippen LogP contribution < -0.4 is 5.32 Å². The summed E-state index contributed by atoms with van der Waals surface area (Å²) in [4.78, 5) is 12.4. The minimum Gasteiger partial charge on any atom is -0.324 e. The van der Waals surface area contributed by atoms with E-state index >= 15 is 0 Å². The number of tetrazole rings is 1. The number of hydrogen-bond acceptors (Lipinski definition) is 7. The third kappa shape index (κ3) is 4.57. The number of aryl methyl sites for hydroxylation is 2. The van der Waals surface area contributed by atoms with Gasteiger partial charge in [-0.15, -0.1) is 5.10 Å². The lowest BCUT2D eigenvalue weighted by atomic mass is 10.1. The maximum atomic E-state index is 12.3. The van der Waals surface area contributed by atoms with Gasteiger partial charge in [0.2, 0.25) is 11.1 Å². The first-order valence-corrected chi connectivity index (χ1v) is 11.2. The molecule has 3 aromatic rings. The van der Waals surface area contributed by atoms with Crippen molar-refractivity contribution < 1.29 is 13.2 Å². The number of anilines is 1. The molecule has 146 valence electrons. The SMILES string of the molecule is Cc1ccc(-n2nnnc2SCC(=O)Nc2ccccc2S(C)(=O)=O)cc1C. The lowest BCUT2D eigenvalue weighted by Gasteiger charge is -2.10. The summed E-state index contributed by atoms with van der Waals surface area (Å²) in [5.41, 5.74) is 3.33. The molecule has 1 amide bonds. The highest BCUT2D eigenvalue weighted by Crippen LogP contribution is 2.23. The highest BCUT2D eigenvalue weighted by atomic mass is 32.2. The van der Waals surface area contributed by atoms with Crippen LogP contribution in [0, 0.1) is 13.8 Å². The van der Waals surface area contributed by atoms with Gasteiger partial charge in [-0.05, 0) is 59.7 Å². The number of carbonyl (C=O) groups is 1. The van der Waals surface area contributed by atoms with E-state index in [0.717, 1.165) is 34.8 Å². The average molecular weight is 418 g/mol. The number of carbonyl (C=O) groups excluding carboxylic acids is 1. The Morgan fingerprint density at radius 3 is 2.61 bits per heavy atom. The summed E-state index contributed by atoms with van der Waals surface area (Å²) in [5.74, 6) is -0.320. The van der Waals surface area contributed by atoms with E-state index in [9.17, 15) is 13.2 Å². The molecule has 0 fully saturated rings. The van der Waals surface area contributed by atoms with Crippen molar-refractivity contribution >= 4 is 33.2 Å². The Bertz CT molecular complexity index is 1130. The average Bonchev–Trinajstić information content (AvgIpc) is 3.10. The van der Waals surface area contributed by atoms with E-state index in [4.69, 9.17) is 0 Å². The molecule has 0 aliphatic rings. The Kier molecular flexibility index (Phi) is 5.80. The molecule has 0 atom stereocenters. The van der Waals surface area contributed by atoms with Crippen molar-refractivity contribution in [2.24, 2.45) is 0 Å². The molecule has 1 N–H and O–H groups in total. The second-order valence-electron chi connectivity index (χ2n) is 6.25. The smallest absolute Gasteiger partial charge is 0.234 e. The molecule has 28 heavy (non-hydrogen) atoms. The number of thioether (sulfide) groups is 1. The van der Waals surface area contributed by atoms with Gasteiger partial charge in [0.1, 0.15) is 0 Å². The molecule has 0 aliphatic carbocycles. The van der Waals surface area contributed by atoms with Gasteiger partial charge < -0.3 is 5.32 Å². The van der Waals surface area contributed by atoms with Crippen LogP contribution in [-0.4, -0.2) is 46.5 Å². The molecular formula is C18H19N5O3S2. The van der Waals surface area contributed by atoms with Gasteiger partial charge in [0, 0.05) is 6.26 Å². The van der Waals surface area contributed by atoms with E-state index in [-0.39, 0.29) is 22.2 Å². The zero-order valence-electron chi connectivity index (χ0n) is 15.6. The maximum absolute atomic E-state index is 12.3. The number of nitrogens with zero attached hydrogens (tertiary/aromatic N) is 4. The van der Waals surface area contributed by atoms with E-state index in [2.05, 4.69) is 20.8 Å². The fraction of sp³-hybridized carbons (Fsp3) is 0.222. The van der Waals surface area contributed by atoms with Gasteiger partial charge in [-0.25, -0.2) is 8.42 Å². The molecule has 0 saturated carbocycles. The number of rotatable bonds is 6. The minimum absolute atomic E-state index is 0.0311. The minimum atomic E-state index is -3.45. The number of nitrogens with one attached hydrogen (secondary N) is 1. The number of benzene rings is 2. The van der Waals surface area contributed by atoms with Crippen LogP contribution >= 0.6 is 11.8 Å². The summed E-state index contributed by atoms with van der Waals surface area (Å²) in [6, 6.07) is 12.1. The molecule has 0 bridgehead atoms. The second-order valence-corrected chi connectivity index (χ2v) is 9.17. The second kappa shape index (κ2) is 8.11. The quantitative estimate of drug-likeness (QED) is 0.614. The molecule has 0 aliphatic heterocycles. The fourth-order valence-corrected chi connectivity index (χ4v) is 4.03. The summed E-state index contributed by atoms with van der Waals surface area (Å²) < 4.78 is 25.3. The molecule has 1 heterocycles. The fourth-order valence-electron chi connectivity index (χ4n) is 2.50. The number of amides is 1. The third-order valence-electron chi connectivity index (χ3n) is 4.07. The summed E-state index contributed by atoms with van der Waals surface area (Å²) in [6.45, 7) is 4.02. The topological polar surface area (TPSA) is 107 Å². The van der Waals surface area contributed by atoms with Gasteiger partial charge in [-0.1, -0.05) is 30.0 Å². The van der Waals surface area contributed by atoms with Crippen LogP contribution in [-0.2, 0) is 14.6 Å². The molecule has 1 aromatic heterocycles. The van der Waals surface area contributed by atoms with E-state index in [0.29, 0.717) is 5.16 Å². The maximum Gasteiger partial charge on any atom is 0.234 e. The van der Waals surface area contributed by atoms with E-state index in [1.54, 1.807) is 22.9 Å². The number of aromatic nitrogens is 4. The van der Waals surface area contributed by atoms with Crippen LogP contribution in [0.5, 0.6) is 0 Å². The van der Waals surface area contributed by atoms with Crippen molar-refractivity contribution in [2.75, 3.05) is 17.3 Å². The lowest BCUT2D eigenvalue weighted by molar-refractivity contribution is -0.113. The molecule has 8 nitrogen and oxygen atoms in total. The van der Waals surface area contributed by atoms with Gasteiger partial charge in [0.05, 0.1) is 22.0 Å². The standard InChI is InChI=1S/C18H19N5O3S2/c1-12-8-9-14(10-13(12)2)23-18(20-21-22-23)27-11-17(24)19-15-6-4-5-7-16(15)28(3,25)26/h4-10H,11H2,1-3H3,(H,19,24). The first kappa shape index (κ1) is 20.0. The first-order valence-electron chi connectivity index (χ1n) is 8.33. The normalized spacial score (nSPS) is 11.4. The van der Waals surface area contributed by atoms with Gasteiger partial charge in [0.15, 0.2) is 9.84 Å². The number of sulfone groups is 1. The Hall–Kier alpha value is -2.72. The van der Waals surface area contributed by atoms with Crippen molar-refractivity contribution in [1.29, 1.82) is 0 Å². The summed E-state index contributed by atoms with van der Waals surface area (Å²) in [7, 11) is -3.45. The van der Waals surface area contributed by atoms with Crippen LogP contribution in [0.25, 0.3) is 5.69 Å². The summed E-state index contributed by atoms with van der Waals surface area (Å²) >= 11 is 1.16. The Morgan fingerprint density at radius 1 is 1.14 bits per heavy atom. The monoisotopic (exact) mass is 417 g/mol. The van der Waals surface area contributed by atoms with Crippen LogP contribution in [0.2, 0.25) is 0 Å². The highest BCUT2D eigenvalue weighted by molar-refractivity contribution is 7.99. The van der Waals surface area contributed by atoms with Crippen molar-refractivity contribution in [2.45, 2.75) is 23.9 Å². The summed E-state index contributed by atoms with van der Waals surface area (Å²) in [5, 5.41) is 14.8. The van der Waals surface area contributed by atoms with E-state index in [1.165, 1.54) is 6.07 Å². The molecular weight excluding hydrogens is 398 g/mol. The van der Waals surface area contributed by atoms with Gasteiger partial charge in [-0.3, -0.25) is 4.79 Å². The van der Waals surface area contributed by atoms with Crippen molar-refractivity contribution in [3.05, 3.63) is 53.6 Å². The van der Waals surface area contributed by atoms with Crippen LogP contribution in [0.15, 0.2) is 52.5 Å². The Labute approximate surface area is 167 Å². The first-order chi connectivity index (χ1) is 13.3.